The molecule has 1 aliphatic rings. The second-order valence-corrected chi connectivity index (χ2v) is 4.69. The molecule has 3 heteroatoms. The van der Waals surface area contributed by atoms with Crippen molar-refractivity contribution in [2.45, 2.75) is 32.2 Å². The Morgan fingerprint density at radius 2 is 2.06 bits per heavy atom. The molecule has 1 aliphatic carbocycles. The van der Waals surface area contributed by atoms with E-state index >= 15 is 0 Å². The fraction of sp³-hybridized carbons (Fsp3) is 0.500. The number of carbonyl (C=O) groups excluding carboxylic acids is 1. The van der Waals surface area contributed by atoms with Gasteiger partial charge in [-0.15, -0.1) is 0 Å². The van der Waals surface area contributed by atoms with E-state index in [2.05, 4.69) is 0 Å². The summed E-state index contributed by atoms with van der Waals surface area (Å²) in [5.41, 5.74) is 6.86. The first-order valence-electron chi connectivity index (χ1n) is 6.34. The highest BCUT2D eigenvalue weighted by molar-refractivity contribution is 5.95. The first kappa shape index (κ1) is 12.1. The minimum absolute atomic E-state index is 0.116. The number of anilines is 1. The van der Waals surface area contributed by atoms with Gasteiger partial charge in [0, 0.05) is 24.2 Å². The maximum atomic E-state index is 12.4. The molecular formula is C14H20N2O. The number of rotatable bonds is 3. The van der Waals surface area contributed by atoms with Crippen LogP contribution in [0, 0.1) is 5.92 Å². The molecule has 1 amide bonds. The van der Waals surface area contributed by atoms with E-state index in [1.807, 2.05) is 42.2 Å². The van der Waals surface area contributed by atoms with Gasteiger partial charge in [-0.3, -0.25) is 4.79 Å². The average molecular weight is 232 g/mol. The van der Waals surface area contributed by atoms with Gasteiger partial charge < -0.3 is 10.6 Å². The third-order valence-corrected chi connectivity index (χ3v) is 3.47. The summed E-state index contributed by atoms with van der Waals surface area (Å²) in [6.45, 7) is 2.73. The molecule has 0 heterocycles. The zero-order valence-electron chi connectivity index (χ0n) is 10.3. The summed E-state index contributed by atoms with van der Waals surface area (Å²) in [7, 11) is 0. The fourth-order valence-corrected chi connectivity index (χ4v) is 2.53. The van der Waals surface area contributed by atoms with Crippen LogP contribution < -0.4 is 10.6 Å². The third kappa shape index (κ3) is 2.67. The van der Waals surface area contributed by atoms with Crippen LogP contribution in [0.15, 0.2) is 30.3 Å². The van der Waals surface area contributed by atoms with Gasteiger partial charge in [0.15, 0.2) is 0 Å². The number of amides is 1. The lowest BCUT2D eigenvalue weighted by Crippen LogP contribution is -2.35. The number of nitrogens with zero attached hydrogens (tertiary/aromatic N) is 1. The van der Waals surface area contributed by atoms with E-state index < -0.39 is 0 Å². The van der Waals surface area contributed by atoms with Crippen molar-refractivity contribution >= 4 is 11.6 Å². The number of hydrogen-bond donors (Lipinski definition) is 1. The molecule has 0 bridgehead atoms. The smallest absolute Gasteiger partial charge is 0.230 e. The minimum Gasteiger partial charge on any atom is -0.328 e. The maximum Gasteiger partial charge on any atom is 0.230 e. The Bertz CT molecular complexity index is 377. The monoisotopic (exact) mass is 232 g/mol. The molecule has 2 N–H and O–H groups in total. The maximum absolute atomic E-state index is 12.4. The highest BCUT2D eigenvalue weighted by Crippen LogP contribution is 2.27. The molecule has 1 aromatic carbocycles. The molecule has 2 atom stereocenters. The summed E-state index contributed by atoms with van der Waals surface area (Å²) in [4.78, 5) is 14.3. The Morgan fingerprint density at radius 3 is 2.59 bits per heavy atom. The van der Waals surface area contributed by atoms with Gasteiger partial charge in [-0.1, -0.05) is 18.2 Å². The standard InChI is InChI=1S/C14H20N2O/c1-2-16(13-6-4-3-5-7-13)14(17)11-8-9-12(15)10-11/h3-7,11-12H,2,8-10,15H2,1H3. The van der Waals surface area contributed by atoms with Crippen LogP contribution in [0.5, 0.6) is 0 Å². The third-order valence-electron chi connectivity index (χ3n) is 3.47. The highest BCUT2D eigenvalue weighted by Gasteiger charge is 2.30. The van der Waals surface area contributed by atoms with E-state index in [0.717, 1.165) is 24.9 Å². The Labute approximate surface area is 103 Å². The van der Waals surface area contributed by atoms with Crippen LogP contribution in [0.1, 0.15) is 26.2 Å². The van der Waals surface area contributed by atoms with E-state index in [-0.39, 0.29) is 17.9 Å². The van der Waals surface area contributed by atoms with E-state index in [0.29, 0.717) is 6.54 Å². The molecule has 3 nitrogen and oxygen atoms in total. The van der Waals surface area contributed by atoms with Gasteiger partial charge in [0.1, 0.15) is 0 Å². The molecule has 2 rings (SSSR count). The Morgan fingerprint density at radius 1 is 1.35 bits per heavy atom. The second-order valence-electron chi connectivity index (χ2n) is 4.69. The van der Waals surface area contributed by atoms with Crippen LogP contribution in [-0.2, 0) is 4.79 Å². The molecule has 0 aromatic heterocycles. The van der Waals surface area contributed by atoms with E-state index in [1.165, 1.54) is 0 Å². The number of hydrogen-bond acceptors (Lipinski definition) is 2. The van der Waals surface area contributed by atoms with Crippen molar-refractivity contribution in [1.82, 2.24) is 0 Å². The lowest BCUT2D eigenvalue weighted by Gasteiger charge is -2.24. The first-order chi connectivity index (χ1) is 8.22. The SMILES string of the molecule is CCN(C(=O)C1CCC(N)C1)c1ccccc1. The average Bonchev–Trinajstić information content (AvgIpc) is 2.78. The van der Waals surface area contributed by atoms with Crippen LogP contribution in [0.3, 0.4) is 0 Å². The van der Waals surface area contributed by atoms with Gasteiger partial charge in [-0.2, -0.15) is 0 Å². The molecule has 17 heavy (non-hydrogen) atoms. The molecule has 0 radical (unpaired) electrons. The van der Waals surface area contributed by atoms with Gasteiger partial charge >= 0.3 is 0 Å². The predicted octanol–water partition coefficient (Wildman–Crippen LogP) is 2.17. The molecule has 0 aliphatic heterocycles. The Hall–Kier alpha value is -1.35. The van der Waals surface area contributed by atoms with Crippen molar-refractivity contribution in [3.05, 3.63) is 30.3 Å². The summed E-state index contributed by atoms with van der Waals surface area (Å²) in [6.07, 6.45) is 2.74. The van der Waals surface area contributed by atoms with E-state index in [1.54, 1.807) is 0 Å². The molecule has 1 saturated carbocycles. The van der Waals surface area contributed by atoms with Crippen molar-refractivity contribution in [2.75, 3.05) is 11.4 Å². The van der Waals surface area contributed by atoms with Crippen molar-refractivity contribution < 1.29 is 4.79 Å². The topological polar surface area (TPSA) is 46.3 Å². The summed E-state index contributed by atoms with van der Waals surface area (Å²) in [6, 6.07) is 10.1. The van der Waals surface area contributed by atoms with Crippen molar-refractivity contribution in [3.8, 4) is 0 Å². The molecule has 1 aromatic rings. The van der Waals surface area contributed by atoms with Crippen molar-refractivity contribution in [2.24, 2.45) is 11.7 Å². The predicted molar refractivity (Wildman–Crippen MR) is 69.8 cm³/mol. The van der Waals surface area contributed by atoms with Crippen LogP contribution >= 0.6 is 0 Å². The summed E-state index contributed by atoms with van der Waals surface area (Å²) >= 11 is 0. The summed E-state index contributed by atoms with van der Waals surface area (Å²) < 4.78 is 0. The lowest BCUT2D eigenvalue weighted by molar-refractivity contribution is -0.122. The largest absolute Gasteiger partial charge is 0.328 e. The molecule has 2 unspecified atom stereocenters. The quantitative estimate of drug-likeness (QED) is 0.868. The van der Waals surface area contributed by atoms with Crippen LogP contribution in [0.4, 0.5) is 5.69 Å². The first-order valence-corrected chi connectivity index (χ1v) is 6.34. The fourth-order valence-electron chi connectivity index (χ4n) is 2.53. The lowest BCUT2D eigenvalue weighted by atomic mass is 10.1. The molecule has 1 fully saturated rings. The molecular weight excluding hydrogens is 212 g/mol. The van der Waals surface area contributed by atoms with Gasteiger partial charge in [-0.25, -0.2) is 0 Å². The second kappa shape index (κ2) is 5.32. The number of benzene rings is 1. The number of carbonyl (C=O) groups is 1. The van der Waals surface area contributed by atoms with Gasteiger partial charge in [0.2, 0.25) is 5.91 Å². The minimum atomic E-state index is 0.116. The normalized spacial score (nSPS) is 23.6. The zero-order valence-corrected chi connectivity index (χ0v) is 10.3. The number of nitrogens with two attached hydrogens (primary N) is 1. The van der Waals surface area contributed by atoms with Crippen molar-refractivity contribution in [3.63, 3.8) is 0 Å². The van der Waals surface area contributed by atoms with E-state index in [9.17, 15) is 4.79 Å². The highest BCUT2D eigenvalue weighted by atomic mass is 16.2. The van der Waals surface area contributed by atoms with Crippen LogP contribution in [0.2, 0.25) is 0 Å². The summed E-state index contributed by atoms with van der Waals surface area (Å²) in [5.74, 6) is 0.344. The van der Waals surface area contributed by atoms with E-state index in [4.69, 9.17) is 5.73 Å². The van der Waals surface area contributed by atoms with Crippen molar-refractivity contribution in [1.29, 1.82) is 0 Å². The number of para-hydroxylation sites is 1. The van der Waals surface area contributed by atoms with Crippen LogP contribution in [-0.4, -0.2) is 18.5 Å². The molecule has 0 spiro atoms. The van der Waals surface area contributed by atoms with Crippen LogP contribution in [0.25, 0.3) is 0 Å². The molecule has 0 saturated heterocycles. The van der Waals surface area contributed by atoms with Gasteiger partial charge in [-0.05, 0) is 38.3 Å². The zero-order chi connectivity index (χ0) is 12.3. The Kier molecular flexibility index (Phi) is 3.79. The Balaban J connectivity index is 2.11. The van der Waals surface area contributed by atoms with Gasteiger partial charge in [0.25, 0.3) is 0 Å². The van der Waals surface area contributed by atoms with Gasteiger partial charge in [0.05, 0.1) is 0 Å². The summed E-state index contributed by atoms with van der Waals surface area (Å²) in [5, 5.41) is 0. The molecule has 92 valence electrons.